The molecule has 2 fully saturated rings. The van der Waals surface area contributed by atoms with E-state index >= 15 is 0 Å². The Bertz CT molecular complexity index is 632. The molecule has 2 N–H and O–H groups in total. The Hall–Kier alpha value is -0.430. The summed E-state index contributed by atoms with van der Waals surface area (Å²) in [5, 5.41) is 0. The minimum Gasteiger partial charge on any atom is -0.327 e. The largest absolute Gasteiger partial charge is 0.327 e. The van der Waals surface area contributed by atoms with E-state index < -0.39 is 10.0 Å². The monoisotopic (exact) mass is 358 g/mol. The number of nitrogens with two attached hydrogens (primary N) is 1. The minimum absolute atomic E-state index is 0.156. The number of hydrogen-bond donors (Lipinski definition) is 1. The molecule has 1 aromatic carbocycles. The number of nitrogens with zero attached hydrogens (tertiary/aromatic N) is 1. The van der Waals surface area contributed by atoms with Crippen molar-refractivity contribution in [3.05, 3.63) is 28.2 Å². The van der Waals surface area contributed by atoms with Crippen LogP contribution in [-0.2, 0) is 10.0 Å². The fourth-order valence-corrected chi connectivity index (χ4v) is 5.75. The van der Waals surface area contributed by atoms with E-state index in [1.165, 1.54) is 0 Å². The van der Waals surface area contributed by atoms with Crippen LogP contribution in [0.2, 0.25) is 0 Å². The van der Waals surface area contributed by atoms with Gasteiger partial charge in [-0.2, -0.15) is 4.31 Å². The van der Waals surface area contributed by atoms with Gasteiger partial charge in [0.25, 0.3) is 0 Å². The van der Waals surface area contributed by atoms with E-state index in [0.717, 1.165) is 22.9 Å². The van der Waals surface area contributed by atoms with Gasteiger partial charge in [0.2, 0.25) is 10.0 Å². The third-order valence-corrected chi connectivity index (χ3v) is 7.11. The second kappa shape index (κ2) is 5.09. The third-order valence-electron chi connectivity index (χ3n) is 4.65. The summed E-state index contributed by atoms with van der Waals surface area (Å²) in [5.41, 5.74) is 6.88. The standard InChI is InChI=1S/C14H19BrN2O2S/c1-9-2-4-11(15)6-14(9)20(18,19)17-7-10-3-5-13(16)12(10)8-17/h2,4,6,10,12-13H,3,5,7-8,16H2,1H3. The molecule has 1 heterocycles. The highest BCUT2D eigenvalue weighted by atomic mass is 79.9. The number of benzene rings is 1. The fraction of sp³-hybridized carbons (Fsp3) is 0.571. The zero-order chi connectivity index (χ0) is 14.5. The van der Waals surface area contributed by atoms with Gasteiger partial charge in [-0.3, -0.25) is 0 Å². The van der Waals surface area contributed by atoms with Crippen molar-refractivity contribution in [1.29, 1.82) is 0 Å². The number of hydrogen-bond acceptors (Lipinski definition) is 3. The van der Waals surface area contributed by atoms with Crippen molar-refractivity contribution in [2.24, 2.45) is 17.6 Å². The molecule has 3 unspecified atom stereocenters. The van der Waals surface area contributed by atoms with Crippen LogP contribution >= 0.6 is 15.9 Å². The predicted octanol–water partition coefficient (Wildman–Crippen LogP) is 2.12. The van der Waals surface area contributed by atoms with E-state index in [9.17, 15) is 8.42 Å². The maximum absolute atomic E-state index is 12.8. The molecule has 0 amide bonds. The Morgan fingerprint density at radius 2 is 2.05 bits per heavy atom. The van der Waals surface area contributed by atoms with E-state index in [0.29, 0.717) is 29.8 Å². The van der Waals surface area contributed by atoms with Crippen LogP contribution in [0, 0.1) is 18.8 Å². The molecular formula is C14H19BrN2O2S. The SMILES string of the molecule is Cc1ccc(Br)cc1S(=O)(=O)N1CC2CCC(N)C2C1. The van der Waals surface area contributed by atoms with Gasteiger partial charge >= 0.3 is 0 Å². The van der Waals surface area contributed by atoms with E-state index in [-0.39, 0.29) is 6.04 Å². The second-order valence-corrected chi connectivity index (χ2v) is 8.72. The maximum atomic E-state index is 12.8. The minimum atomic E-state index is -3.41. The van der Waals surface area contributed by atoms with Gasteiger partial charge in [-0.25, -0.2) is 8.42 Å². The van der Waals surface area contributed by atoms with Crippen LogP contribution in [-0.4, -0.2) is 31.9 Å². The summed E-state index contributed by atoms with van der Waals surface area (Å²) in [6.45, 7) is 3.02. The molecule has 0 bridgehead atoms. The van der Waals surface area contributed by atoms with Gasteiger partial charge in [0, 0.05) is 23.6 Å². The smallest absolute Gasteiger partial charge is 0.243 e. The van der Waals surface area contributed by atoms with Crippen molar-refractivity contribution >= 4 is 26.0 Å². The van der Waals surface area contributed by atoms with Crippen molar-refractivity contribution in [2.45, 2.75) is 30.7 Å². The van der Waals surface area contributed by atoms with Gasteiger partial charge in [0.15, 0.2) is 0 Å². The zero-order valence-corrected chi connectivity index (χ0v) is 13.8. The average molecular weight is 359 g/mol. The normalized spacial score (nSPS) is 30.6. The molecule has 2 aliphatic rings. The van der Waals surface area contributed by atoms with Gasteiger partial charge in [0.1, 0.15) is 0 Å². The summed E-state index contributed by atoms with van der Waals surface area (Å²) >= 11 is 3.35. The molecule has 1 aromatic rings. The number of aryl methyl sites for hydroxylation is 1. The van der Waals surface area contributed by atoms with E-state index in [2.05, 4.69) is 15.9 Å². The maximum Gasteiger partial charge on any atom is 0.243 e. The quantitative estimate of drug-likeness (QED) is 0.880. The highest BCUT2D eigenvalue weighted by molar-refractivity contribution is 9.10. The Labute approximate surface area is 128 Å². The summed E-state index contributed by atoms with van der Waals surface area (Å²) in [7, 11) is -3.41. The van der Waals surface area contributed by atoms with Crippen LogP contribution in [0.4, 0.5) is 0 Å². The summed E-state index contributed by atoms with van der Waals surface area (Å²) < 4.78 is 28.0. The highest BCUT2D eigenvalue weighted by Gasteiger charge is 2.45. The lowest BCUT2D eigenvalue weighted by atomic mass is 9.98. The molecular weight excluding hydrogens is 340 g/mol. The van der Waals surface area contributed by atoms with E-state index in [1.54, 1.807) is 10.4 Å². The topological polar surface area (TPSA) is 63.4 Å². The highest BCUT2D eigenvalue weighted by Crippen LogP contribution is 2.39. The lowest BCUT2D eigenvalue weighted by molar-refractivity contribution is 0.427. The molecule has 1 aliphatic heterocycles. The molecule has 0 radical (unpaired) electrons. The first-order valence-electron chi connectivity index (χ1n) is 6.91. The Morgan fingerprint density at radius 3 is 2.75 bits per heavy atom. The van der Waals surface area contributed by atoms with E-state index in [1.807, 2.05) is 19.1 Å². The first-order valence-corrected chi connectivity index (χ1v) is 9.15. The number of sulfonamides is 1. The zero-order valence-electron chi connectivity index (χ0n) is 11.4. The van der Waals surface area contributed by atoms with Crippen molar-refractivity contribution < 1.29 is 8.42 Å². The van der Waals surface area contributed by atoms with Gasteiger partial charge < -0.3 is 5.73 Å². The first kappa shape index (κ1) is 14.5. The van der Waals surface area contributed by atoms with Crippen LogP contribution in [0.1, 0.15) is 18.4 Å². The molecule has 110 valence electrons. The molecule has 1 aliphatic carbocycles. The lowest BCUT2D eigenvalue weighted by Gasteiger charge is -2.20. The Morgan fingerprint density at radius 1 is 1.30 bits per heavy atom. The number of halogens is 1. The van der Waals surface area contributed by atoms with Gasteiger partial charge in [-0.05, 0) is 49.3 Å². The lowest BCUT2D eigenvalue weighted by Crippen LogP contribution is -2.33. The summed E-state index contributed by atoms with van der Waals surface area (Å²) in [5.74, 6) is 0.768. The van der Waals surface area contributed by atoms with Crippen molar-refractivity contribution in [3.63, 3.8) is 0 Å². The molecule has 0 spiro atoms. The first-order chi connectivity index (χ1) is 9.39. The molecule has 4 nitrogen and oxygen atoms in total. The summed E-state index contributed by atoms with van der Waals surface area (Å²) in [6, 6.07) is 5.55. The third kappa shape index (κ3) is 2.32. The van der Waals surface area contributed by atoms with Crippen LogP contribution < -0.4 is 5.73 Å². The number of rotatable bonds is 2. The average Bonchev–Trinajstić information content (AvgIpc) is 2.95. The van der Waals surface area contributed by atoms with Gasteiger partial charge in [-0.15, -0.1) is 0 Å². The fourth-order valence-electron chi connectivity index (χ4n) is 3.45. The molecule has 3 rings (SSSR count). The van der Waals surface area contributed by atoms with Crippen molar-refractivity contribution in [1.82, 2.24) is 4.31 Å². The molecule has 1 saturated carbocycles. The molecule has 20 heavy (non-hydrogen) atoms. The van der Waals surface area contributed by atoms with Crippen LogP contribution in [0.15, 0.2) is 27.6 Å². The van der Waals surface area contributed by atoms with Crippen LogP contribution in [0.5, 0.6) is 0 Å². The molecule has 6 heteroatoms. The summed E-state index contributed by atoms with van der Waals surface area (Å²) in [6.07, 6.45) is 2.08. The molecule has 1 saturated heterocycles. The molecule has 0 aromatic heterocycles. The second-order valence-electron chi connectivity index (χ2n) is 5.90. The van der Waals surface area contributed by atoms with Crippen LogP contribution in [0.25, 0.3) is 0 Å². The van der Waals surface area contributed by atoms with Crippen LogP contribution in [0.3, 0.4) is 0 Å². The van der Waals surface area contributed by atoms with E-state index in [4.69, 9.17) is 5.73 Å². The Balaban J connectivity index is 1.92. The van der Waals surface area contributed by atoms with Crippen molar-refractivity contribution in [2.75, 3.05) is 13.1 Å². The van der Waals surface area contributed by atoms with Gasteiger partial charge in [-0.1, -0.05) is 22.0 Å². The van der Waals surface area contributed by atoms with Crippen molar-refractivity contribution in [3.8, 4) is 0 Å². The Kier molecular flexibility index (Phi) is 3.69. The van der Waals surface area contributed by atoms with Gasteiger partial charge in [0.05, 0.1) is 4.90 Å². The molecule has 3 atom stereocenters. The summed E-state index contributed by atoms with van der Waals surface area (Å²) in [4.78, 5) is 0.403. The number of fused-ring (bicyclic) bond motifs is 1. The predicted molar refractivity (Wildman–Crippen MR) is 81.8 cm³/mol.